The number of benzene rings is 1. The van der Waals surface area contributed by atoms with E-state index in [-0.39, 0.29) is 5.75 Å². The van der Waals surface area contributed by atoms with Gasteiger partial charge in [-0.1, -0.05) is 18.6 Å². The first-order valence-corrected chi connectivity index (χ1v) is 8.98. The summed E-state index contributed by atoms with van der Waals surface area (Å²) < 4.78 is 43.7. The van der Waals surface area contributed by atoms with Crippen molar-refractivity contribution in [1.29, 1.82) is 0 Å². The second kappa shape index (κ2) is 8.54. The van der Waals surface area contributed by atoms with Crippen molar-refractivity contribution in [3.05, 3.63) is 59.9 Å². The van der Waals surface area contributed by atoms with Gasteiger partial charge in [-0.25, -0.2) is 0 Å². The Labute approximate surface area is 151 Å². The van der Waals surface area contributed by atoms with Crippen molar-refractivity contribution in [2.24, 2.45) is 0 Å². The van der Waals surface area contributed by atoms with Gasteiger partial charge in [0.05, 0.1) is 12.2 Å². The van der Waals surface area contributed by atoms with Gasteiger partial charge in [0.25, 0.3) is 0 Å². The molecule has 1 saturated heterocycles. The van der Waals surface area contributed by atoms with Crippen LogP contribution in [-0.2, 0) is 6.18 Å². The summed E-state index contributed by atoms with van der Waals surface area (Å²) in [6.45, 7) is 2.29. The van der Waals surface area contributed by atoms with E-state index in [0.29, 0.717) is 12.6 Å². The Morgan fingerprint density at radius 2 is 2.04 bits per heavy atom. The monoisotopic (exact) mass is 364 g/mol. The zero-order chi connectivity index (χ0) is 18.4. The summed E-state index contributed by atoms with van der Waals surface area (Å²) in [4.78, 5) is 6.64. The highest BCUT2D eigenvalue weighted by Gasteiger charge is 2.30. The Hall–Kier alpha value is -2.08. The van der Waals surface area contributed by atoms with E-state index >= 15 is 0 Å². The lowest BCUT2D eigenvalue weighted by Crippen LogP contribution is -2.34. The first kappa shape index (κ1) is 18.7. The normalized spacial score (nSPS) is 18.7. The molecule has 140 valence electrons. The molecule has 2 aromatic rings. The lowest BCUT2D eigenvalue weighted by Gasteiger charge is -2.35. The maximum atomic E-state index is 12.7. The highest BCUT2D eigenvalue weighted by atomic mass is 19.4. The number of likely N-dealkylation sites (tertiary alicyclic amines) is 1. The highest BCUT2D eigenvalue weighted by molar-refractivity contribution is 5.30. The predicted octanol–water partition coefficient (Wildman–Crippen LogP) is 5.10. The second-order valence-electron chi connectivity index (χ2n) is 6.56. The Morgan fingerprint density at radius 3 is 2.81 bits per heavy atom. The van der Waals surface area contributed by atoms with Crippen molar-refractivity contribution in [1.82, 2.24) is 9.88 Å². The molecule has 1 aromatic carbocycles. The minimum absolute atomic E-state index is 0.266. The van der Waals surface area contributed by atoms with E-state index in [1.807, 2.05) is 12.3 Å². The number of aromatic nitrogens is 1. The van der Waals surface area contributed by atoms with Crippen LogP contribution in [0, 0.1) is 0 Å². The third-order valence-electron chi connectivity index (χ3n) is 4.70. The van der Waals surface area contributed by atoms with Gasteiger partial charge in [0.1, 0.15) is 5.75 Å². The minimum Gasteiger partial charge on any atom is -0.494 e. The zero-order valence-corrected chi connectivity index (χ0v) is 14.6. The molecule has 1 aromatic heterocycles. The number of piperidine rings is 1. The van der Waals surface area contributed by atoms with Crippen LogP contribution in [-0.4, -0.2) is 29.6 Å². The molecule has 0 N–H and O–H groups in total. The van der Waals surface area contributed by atoms with E-state index in [4.69, 9.17) is 4.74 Å². The second-order valence-corrected chi connectivity index (χ2v) is 6.56. The summed E-state index contributed by atoms with van der Waals surface area (Å²) >= 11 is 0. The number of hydrogen-bond acceptors (Lipinski definition) is 3. The van der Waals surface area contributed by atoms with Crippen LogP contribution in [0.1, 0.15) is 42.9 Å². The van der Waals surface area contributed by atoms with Crippen LogP contribution >= 0.6 is 0 Å². The number of alkyl halides is 3. The number of ether oxygens (including phenoxy) is 1. The average Bonchev–Trinajstić information content (AvgIpc) is 2.66. The Morgan fingerprint density at radius 1 is 1.15 bits per heavy atom. The molecule has 2 heterocycles. The van der Waals surface area contributed by atoms with Crippen LogP contribution in [0.25, 0.3) is 0 Å². The predicted molar refractivity (Wildman–Crippen MR) is 94.0 cm³/mol. The van der Waals surface area contributed by atoms with Crippen LogP contribution in [0.2, 0.25) is 0 Å². The smallest absolute Gasteiger partial charge is 0.416 e. The molecule has 0 bridgehead atoms. The number of hydrogen-bond donors (Lipinski definition) is 0. The van der Waals surface area contributed by atoms with Crippen LogP contribution in [0.5, 0.6) is 5.75 Å². The third kappa shape index (κ3) is 4.97. The fraction of sp³-hybridized carbons (Fsp3) is 0.450. The van der Waals surface area contributed by atoms with E-state index in [0.717, 1.165) is 38.1 Å². The molecule has 1 atom stereocenters. The molecule has 26 heavy (non-hydrogen) atoms. The molecular formula is C20H23F3N2O. The summed E-state index contributed by atoms with van der Waals surface area (Å²) in [6.07, 6.45) is 3.61. The first-order chi connectivity index (χ1) is 12.5. The van der Waals surface area contributed by atoms with Crippen LogP contribution < -0.4 is 4.74 Å². The van der Waals surface area contributed by atoms with Crippen molar-refractivity contribution in [2.75, 3.05) is 19.7 Å². The van der Waals surface area contributed by atoms with E-state index in [1.54, 1.807) is 12.3 Å². The number of nitrogens with zero attached hydrogens (tertiary/aromatic N) is 2. The van der Waals surface area contributed by atoms with Crippen molar-refractivity contribution in [2.45, 2.75) is 37.9 Å². The van der Waals surface area contributed by atoms with Crippen LogP contribution in [0.15, 0.2) is 48.8 Å². The Balaban J connectivity index is 1.51. The van der Waals surface area contributed by atoms with Gasteiger partial charge in [0.15, 0.2) is 0 Å². The van der Waals surface area contributed by atoms with Crippen molar-refractivity contribution in [3.63, 3.8) is 0 Å². The molecule has 0 radical (unpaired) electrons. The van der Waals surface area contributed by atoms with Gasteiger partial charge in [-0.3, -0.25) is 9.88 Å². The maximum absolute atomic E-state index is 12.7. The lowest BCUT2D eigenvalue weighted by atomic mass is 9.96. The molecule has 3 nitrogen and oxygen atoms in total. The number of halogens is 3. The van der Waals surface area contributed by atoms with E-state index < -0.39 is 11.7 Å². The maximum Gasteiger partial charge on any atom is 0.416 e. The number of rotatable bonds is 6. The molecule has 1 fully saturated rings. The number of pyridine rings is 1. The van der Waals surface area contributed by atoms with E-state index in [1.165, 1.54) is 24.5 Å². The van der Waals surface area contributed by atoms with Crippen LogP contribution in [0.4, 0.5) is 13.2 Å². The Bertz CT molecular complexity index is 691. The zero-order valence-electron chi connectivity index (χ0n) is 14.6. The van der Waals surface area contributed by atoms with Gasteiger partial charge in [-0.2, -0.15) is 13.2 Å². The third-order valence-corrected chi connectivity index (χ3v) is 4.70. The standard InChI is InChI=1S/C20H23F3N2O/c21-20(22,23)17-7-3-8-18(14-17)26-13-5-12-25-11-2-1-9-19(25)16-6-4-10-24-15-16/h3-4,6-8,10,14-15,19H,1-2,5,9,11-13H2. The molecule has 6 heteroatoms. The largest absolute Gasteiger partial charge is 0.494 e. The van der Waals surface area contributed by atoms with E-state index in [2.05, 4.69) is 16.0 Å². The van der Waals surface area contributed by atoms with Gasteiger partial charge in [0.2, 0.25) is 0 Å². The van der Waals surface area contributed by atoms with Crippen molar-refractivity contribution < 1.29 is 17.9 Å². The SMILES string of the molecule is FC(F)(F)c1cccc(OCCCN2CCCCC2c2cccnc2)c1. The van der Waals surface area contributed by atoms with E-state index in [9.17, 15) is 13.2 Å². The van der Waals surface area contributed by atoms with Gasteiger partial charge in [-0.05, 0) is 55.6 Å². The van der Waals surface area contributed by atoms with Crippen LogP contribution in [0.3, 0.4) is 0 Å². The molecule has 0 amide bonds. The van der Waals surface area contributed by atoms with Crippen molar-refractivity contribution in [3.8, 4) is 5.75 Å². The summed E-state index contributed by atoms with van der Waals surface area (Å²) in [5, 5.41) is 0. The molecule has 1 unspecified atom stereocenters. The molecule has 0 aliphatic carbocycles. The molecule has 3 rings (SSSR count). The minimum atomic E-state index is -4.34. The molecule has 1 aliphatic rings. The molecule has 0 spiro atoms. The molecule has 1 aliphatic heterocycles. The summed E-state index contributed by atoms with van der Waals surface area (Å²) in [6, 6.07) is 9.48. The summed E-state index contributed by atoms with van der Waals surface area (Å²) in [5.74, 6) is 0.266. The van der Waals surface area contributed by atoms with Gasteiger partial charge in [-0.15, -0.1) is 0 Å². The first-order valence-electron chi connectivity index (χ1n) is 8.98. The quantitative estimate of drug-likeness (QED) is 0.667. The topological polar surface area (TPSA) is 25.4 Å². The fourth-order valence-electron chi connectivity index (χ4n) is 3.43. The van der Waals surface area contributed by atoms with Gasteiger partial charge in [0, 0.05) is 25.0 Å². The molecule has 0 saturated carbocycles. The van der Waals surface area contributed by atoms with Gasteiger partial charge < -0.3 is 4.74 Å². The van der Waals surface area contributed by atoms with Crippen molar-refractivity contribution >= 4 is 0 Å². The Kier molecular flexibility index (Phi) is 6.14. The lowest BCUT2D eigenvalue weighted by molar-refractivity contribution is -0.137. The average molecular weight is 364 g/mol. The highest BCUT2D eigenvalue weighted by Crippen LogP contribution is 2.32. The molecular weight excluding hydrogens is 341 g/mol. The summed E-state index contributed by atoms with van der Waals surface area (Å²) in [5.41, 5.74) is 0.550. The fourth-order valence-corrected chi connectivity index (χ4v) is 3.43. The summed E-state index contributed by atoms with van der Waals surface area (Å²) in [7, 11) is 0. The van der Waals surface area contributed by atoms with Gasteiger partial charge >= 0.3 is 6.18 Å².